The Bertz CT molecular complexity index is 185. The van der Waals surface area contributed by atoms with E-state index in [4.69, 9.17) is 10.5 Å². The number of rotatable bonds is 2. The van der Waals surface area contributed by atoms with Gasteiger partial charge in [-0.05, 0) is 0 Å². The molecule has 0 aromatic rings. The van der Waals surface area contributed by atoms with Crippen LogP contribution in [-0.4, -0.2) is 12.6 Å². The van der Waals surface area contributed by atoms with E-state index in [9.17, 15) is 4.79 Å². The maximum absolute atomic E-state index is 9.93. The highest BCUT2D eigenvalue weighted by molar-refractivity contribution is 5.65. The van der Waals surface area contributed by atoms with Crippen molar-refractivity contribution in [1.29, 1.82) is 10.5 Å². The molecular formula is C7H8N2O2. The normalized spacial score (nSPS) is 5.73. The van der Waals surface area contributed by atoms with Crippen LogP contribution in [0.5, 0.6) is 0 Å². The number of carbonyl (C=O) groups is 1. The second-order valence-corrected chi connectivity index (χ2v) is 1.31. The molecule has 4 nitrogen and oxygen atoms in total. The zero-order chi connectivity index (χ0) is 9.11. The van der Waals surface area contributed by atoms with Gasteiger partial charge in [0.05, 0.1) is 0 Å². The van der Waals surface area contributed by atoms with Gasteiger partial charge in [-0.1, -0.05) is 12.7 Å². The van der Waals surface area contributed by atoms with Gasteiger partial charge in [0.15, 0.2) is 12.1 Å². The summed E-state index contributed by atoms with van der Waals surface area (Å²) in [5.74, 6) is -0.264. The van der Waals surface area contributed by atoms with Gasteiger partial charge in [0, 0.05) is 6.92 Å². The predicted octanol–water partition coefficient (Wildman–Crippen LogP) is 0.769. The zero-order valence-corrected chi connectivity index (χ0v) is 6.20. The van der Waals surface area contributed by atoms with Crippen LogP contribution in [0.1, 0.15) is 6.92 Å². The number of nitriles is 2. The van der Waals surface area contributed by atoms with Crippen LogP contribution in [0.25, 0.3) is 0 Å². The molecule has 0 fully saturated rings. The van der Waals surface area contributed by atoms with Gasteiger partial charge in [-0.2, -0.15) is 10.5 Å². The lowest BCUT2D eigenvalue weighted by atomic mass is 10.7. The van der Waals surface area contributed by atoms with Crippen LogP contribution in [0.2, 0.25) is 0 Å². The van der Waals surface area contributed by atoms with Gasteiger partial charge in [0.1, 0.15) is 6.61 Å². The van der Waals surface area contributed by atoms with Gasteiger partial charge < -0.3 is 4.74 Å². The fourth-order valence-electron chi connectivity index (χ4n) is 0.176. The molecule has 0 saturated carbocycles. The first-order valence-corrected chi connectivity index (χ1v) is 2.71. The van der Waals surface area contributed by atoms with Crippen LogP contribution in [0, 0.1) is 22.7 Å². The van der Waals surface area contributed by atoms with E-state index in [2.05, 4.69) is 11.3 Å². The minimum Gasteiger partial charge on any atom is -0.462 e. The third-order valence-corrected chi connectivity index (χ3v) is 0.454. The molecule has 0 bridgehead atoms. The topological polar surface area (TPSA) is 73.9 Å². The highest BCUT2D eigenvalue weighted by Gasteiger charge is 1.83. The minimum absolute atomic E-state index is 0.264. The minimum atomic E-state index is -0.264. The lowest BCUT2D eigenvalue weighted by molar-refractivity contribution is -0.139. The Morgan fingerprint density at radius 2 is 2.09 bits per heavy atom. The van der Waals surface area contributed by atoms with Gasteiger partial charge in [-0.15, -0.1) is 0 Å². The smallest absolute Gasteiger partial charge is 0.302 e. The third-order valence-electron chi connectivity index (χ3n) is 0.454. The molecule has 4 heteroatoms. The van der Waals surface area contributed by atoms with Crippen molar-refractivity contribution in [1.82, 2.24) is 0 Å². The average Bonchev–Trinajstić information content (AvgIpc) is 2.01. The molecule has 0 spiro atoms. The summed E-state index contributed by atoms with van der Waals surface area (Å²) in [6.07, 6.45) is 1.53. The molecule has 0 N–H and O–H groups in total. The fourth-order valence-corrected chi connectivity index (χ4v) is 0.176. The Balaban J connectivity index is 0. The molecule has 0 aliphatic carbocycles. The molecule has 0 aromatic heterocycles. The number of esters is 1. The fraction of sp³-hybridized carbons (Fsp3) is 0.286. The average molecular weight is 152 g/mol. The third kappa shape index (κ3) is 30.8. The second kappa shape index (κ2) is 11.0. The molecule has 58 valence electrons. The SMILES string of the molecule is C=CCOC(C)=O.N#CC#N. The van der Waals surface area contributed by atoms with E-state index in [1.54, 1.807) is 0 Å². The number of ether oxygens (including phenoxy) is 1. The molecule has 0 atom stereocenters. The van der Waals surface area contributed by atoms with E-state index in [0.29, 0.717) is 6.61 Å². The zero-order valence-electron chi connectivity index (χ0n) is 6.20. The molecule has 0 aliphatic rings. The van der Waals surface area contributed by atoms with Crippen LogP contribution >= 0.6 is 0 Å². The lowest BCUT2D eigenvalue weighted by Crippen LogP contribution is -1.96. The predicted molar refractivity (Wildman–Crippen MR) is 38.1 cm³/mol. The van der Waals surface area contributed by atoms with E-state index in [1.165, 1.54) is 25.1 Å². The van der Waals surface area contributed by atoms with Crippen molar-refractivity contribution >= 4 is 5.97 Å². The van der Waals surface area contributed by atoms with Crippen molar-refractivity contribution in [3.63, 3.8) is 0 Å². The van der Waals surface area contributed by atoms with Crippen LogP contribution in [0.4, 0.5) is 0 Å². The highest BCUT2D eigenvalue weighted by atomic mass is 16.5. The summed E-state index contributed by atoms with van der Waals surface area (Å²) in [5.41, 5.74) is 0. The summed E-state index contributed by atoms with van der Waals surface area (Å²) in [4.78, 5) is 9.93. The van der Waals surface area contributed by atoms with Gasteiger partial charge in [0.2, 0.25) is 0 Å². The molecule has 0 aromatic carbocycles. The Labute approximate surface area is 65.3 Å². The summed E-state index contributed by atoms with van der Waals surface area (Å²) in [6, 6.07) is 2.47. The molecule has 0 unspecified atom stereocenters. The Morgan fingerprint density at radius 1 is 1.64 bits per heavy atom. The van der Waals surface area contributed by atoms with Crippen molar-refractivity contribution in [2.45, 2.75) is 6.92 Å². The number of carbonyl (C=O) groups excluding carboxylic acids is 1. The van der Waals surface area contributed by atoms with Crippen molar-refractivity contribution in [3.8, 4) is 12.1 Å². The molecular weight excluding hydrogens is 144 g/mol. The van der Waals surface area contributed by atoms with Crippen molar-refractivity contribution in [2.75, 3.05) is 6.61 Å². The Morgan fingerprint density at radius 3 is 2.18 bits per heavy atom. The summed E-state index contributed by atoms with van der Waals surface area (Å²) < 4.78 is 4.43. The first kappa shape index (κ1) is 11.9. The summed E-state index contributed by atoms with van der Waals surface area (Å²) in [6.45, 7) is 5.03. The molecule has 0 amide bonds. The van der Waals surface area contributed by atoms with E-state index >= 15 is 0 Å². The van der Waals surface area contributed by atoms with E-state index in [0.717, 1.165) is 0 Å². The summed E-state index contributed by atoms with van der Waals surface area (Å²) in [5, 5.41) is 14.5. The first-order valence-electron chi connectivity index (χ1n) is 2.71. The van der Waals surface area contributed by atoms with E-state index < -0.39 is 0 Å². The maximum atomic E-state index is 9.93. The number of hydrogen-bond acceptors (Lipinski definition) is 4. The van der Waals surface area contributed by atoms with Gasteiger partial charge in [0.25, 0.3) is 0 Å². The number of hydrogen-bond donors (Lipinski definition) is 0. The standard InChI is InChI=1S/C5H8O2.C2N2/c1-3-4-7-5(2)6;3-1-2-4/h3H,1,4H2,2H3;. The molecule has 0 rings (SSSR count). The van der Waals surface area contributed by atoms with Crippen molar-refractivity contribution in [2.24, 2.45) is 0 Å². The highest BCUT2D eigenvalue weighted by Crippen LogP contribution is 1.73. The summed E-state index contributed by atoms with van der Waals surface area (Å²) >= 11 is 0. The monoisotopic (exact) mass is 152 g/mol. The van der Waals surface area contributed by atoms with Gasteiger partial charge in [-0.3, -0.25) is 4.79 Å². The molecule has 0 radical (unpaired) electrons. The molecule has 11 heavy (non-hydrogen) atoms. The Hall–Kier alpha value is -1.81. The van der Waals surface area contributed by atoms with Crippen LogP contribution in [0.15, 0.2) is 12.7 Å². The van der Waals surface area contributed by atoms with Crippen molar-refractivity contribution in [3.05, 3.63) is 12.7 Å². The lowest BCUT2D eigenvalue weighted by Gasteiger charge is -1.90. The van der Waals surface area contributed by atoms with Crippen LogP contribution in [-0.2, 0) is 9.53 Å². The first-order chi connectivity index (χ1) is 5.18. The Kier molecular flexibility index (Phi) is 12.0. The van der Waals surface area contributed by atoms with Gasteiger partial charge in [-0.25, -0.2) is 0 Å². The largest absolute Gasteiger partial charge is 0.462 e. The summed E-state index contributed by atoms with van der Waals surface area (Å²) in [7, 11) is 0. The van der Waals surface area contributed by atoms with Crippen LogP contribution in [0.3, 0.4) is 0 Å². The maximum Gasteiger partial charge on any atom is 0.302 e. The molecule has 0 aliphatic heterocycles. The van der Waals surface area contributed by atoms with E-state index in [1.807, 2.05) is 0 Å². The van der Waals surface area contributed by atoms with Crippen molar-refractivity contribution < 1.29 is 9.53 Å². The molecule has 0 heterocycles. The quantitative estimate of drug-likeness (QED) is 0.432. The van der Waals surface area contributed by atoms with E-state index in [-0.39, 0.29) is 5.97 Å². The number of nitrogens with zero attached hydrogens (tertiary/aromatic N) is 2. The van der Waals surface area contributed by atoms with Gasteiger partial charge >= 0.3 is 5.97 Å². The molecule has 0 saturated heterocycles. The second-order valence-electron chi connectivity index (χ2n) is 1.31. The van der Waals surface area contributed by atoms with Crippen LogP contribution < -0.4 is 0 Å².